The van der Waals surface area contributed by atoms with Gasteiger partial charge in [-0.15, -0.1) is 0 Å². The summed E-state index contributed by atoms with van der Waals surface area (Å²) in [6.07, 6.45) is 2.39. The van der Waals surface area contributed by atoms with Crippen molar-refractivity contribution in [1.82, 2.24) is 9.88 Å². The molecule has 0 saturated carbocycles. The summed E-state index contributed by atoms with van der Waals surface area (Å²) in [5.41, 5.74) is 6.41. The van der Waals surface area contributed by atoms with Gasteiger partial charge in [-0.1, -0.05) is 60.1 Å². The van der Waals surface area contributed by atoms with Crippen molar-refractivity contribution in [3.8, 4) is 5.88 Å². The van der Waals surface area contributed by atoms with Crippen LogP contribution in [0.1, 0.15) is 53.0 Å². The summed E-state index contributed by atoms with van der Waals surface area (Å²) in [5, 5.41) is 13.6. The van der Waals surface area contributed by atoms with Gasteiger partial charge in [-0.2, -0.15) is 0 Å². The number of piperidine rings is 1. The summed E-state index contributed by atoms with van der Waals surface area (Å²) < 4.78 is 5.64. The number of para-hydroxylation sites is 1. The van der Waals surface area contributed by atoms with E-state index in [1.54, 1.807) is 7.11 Å². The minimum absolute atomic E-state index is 0.0425. The number of aromatic nitrogens is 1. The fourth-order valence-electron chi connectivity index (χ4n) is 7.14. The quantitative estimate of drug-likeness (QED) is 0.375. The molecule has 0 radical (unpaired) electrons. The highest BCUT2D eigenvalue weighted by molar-refractivity contribution is 6.30. The first-order valence-electron chi connectivity index (χ1n) is 12.8. The van der Waals surface area contributed by atoms with E-state index in [9.17, 15) is 5.11 Å². The van der Waals surface area contributed by atoms with Gasteiger partial charge >= 0.3 is 0 Å². The molecule has 1 aliphatic heterocycles. The Morgan fingerprint density at radius 2 is 1.69 bits per heavy atom. The van der Waals surface area contributed by atoms with Crippen LogP contribution in [0.15, 0.2) is 72.8 Å². The molecule has 0 amide bonds. The first-order chi connectivity index (χ1) is 17.5. The number of pyridine rings is 1. The van der Waals surface area contributed by atoms with Crippen LogP contribution in [0, 0.1) is 0 Å². The zero-order valence-corrected chi connectivity index (χ0v) is 21.1. The van der Waals surface area contributed by atoms with Crippen LogP contribution in [0.4, 0.5) is 0 Å². The number of fused-ring (bicyclic) bond motifs is 9. The number of benzene rings is 3. The standard InChI is InChI=1S/C31H29ClN2O2/c1-36-29-27(16-20-6-2-5-9-28(20)33-29)31(35)12-14-34(15-13-31)19-30-18-24(22-7-3-4-8-25(22)30)23-11-10-21(32)17-26(23)30/h2-11,16-17,24,35H,12-15,18-19H2,1H3. The van der Waals surface area contributed by atoms with Crippen LogP contribution < -0.4 is 4.74 Å². The zero-order valence-electron chi connectivity index (χ0n) is 20.4. The summed E-state index contributed by atoms with van der Waals surface area (Å²) >= 11 is 6.50. The fourth-order valence-corrected chi connectivity index (χ4v) is 7.31. The lowest BCUT2D eigenvalue weighted by Gasteiger charge is -2.43. The average molecular weight is 497 g/mol. The molecule has 7 rings (SSSR count). The highest BCUT2D eigenvalue weighted by Gasteiger charge is 2.53. The van der Waals surface area contributed by atoms with Crippen LogP contribution >= 0.6 is 11.6 Å². The predicted octanol–water partition coefficient (Wildman–Crippen LogP) is 6.02. The third-order valence-corrected chi connectivity index (χ3v) is 9.11. The predicted molar refractivity (Wildman–Crippen MR) is 143 cm³/mol. The highest BCUT2D eigenvalue weighted by atomic mass is 35.5. The Morgan fingerprint density at radius 1 is 0.944 bits per heavy atom. The van der Waals surface area contributed by atoms with Crippen molar-refractivity contribution in [2.45, 2.75) is 36.2 Å². The molecular formula is C31H29ClN2O2. The lowest BCUT2D eigenvalue weighted by molar-refractivity contribution is -0.0306. The number of methoxy groups -OCH3 is 1. The van der Waals surface area contributed by atoms with Crippen molar-refractivity contribution in [1.29, 1.82) is 0 Å². The van der Waals surface area contributed by atoms with Gasteiger partial charge in [0.05, 0.1) is 18.2 Å². The van der Waals surface area contributed by atoms with Crippen LogP contribution in [0.2, 0.25) is 5.02 Å². The largest absolute Gasteiger partial charge is 0.481 e. The molecular weight excluding hydrogens is 468 g/mol. The van der Waals surface area contributed by atoms with E-state index in [0.29, 0.717) is 24.6 Å². The smallest absolute Gasteiger partial charge is 0.219 e. The van der Waals surface area contributed by atoms with Gasteiger partial charge in [-0.05, 0) is 65.8 Å². The van der Waals surface area contributed by atoms with Gasteiger partial charge in [-0.25, -0.2) is 4.98 Å². The van der Waals surface area contributed by atoms with E-state index in [0.717, 1.165) is 47.5 Å². The Balaban J connectivity index is 1.19. The van der Waals surface area contributed by atoms with Gasteiger partial charge in [0.15, 0.2) is 0 Å². The van der Waals surface area contributed by atoms with E-state index in [1.165, 1.54) is 22.3 Å². The molecule has 1 N–H and O–H groups in total. The van der Waals surface area contributed by atoms with Gasteiger partial charge in [-0.3, -0.25) is 0 Å². The van der Waals surface area contributed by atoms with Crippen LogP contribution in [0.3, 0.4) is 0 Å². The van der Waals surface area contributed by atoms with Gasteiger partial charge in [0.1, 0.15) is 0 Å². The fraction of sp³-hybridized carbons (Fsp3) is 0.323. The number of nitrogens with zero attached hydrogens (tertiary/aromatic N) is 2. The Labute approximate surface area is 216 Å². The van der Waals surface area contributed by atoms with Crippen LogP contribution in [0.25, 0.3) is 10.9 Å². The molecule has 1 saturated heterocycles. The van der Waals surface area contributed by atoms with Crippen LogP contribution in [0.5, 0.6) is 5.88 Å². The maximum atomic E-state index is 11.8. The molecule has 182 valence electrons. The Hall–Kier alpha value is -2.92. The van der Waals surface area contributed by atoms with Crippen LogP contribution in [-0.4, -0.2) is 41.7 Å². The second-order valence-electron chi connectivity index (χ2n) is 10.7. The van der Waals surface area contributed by atoms with E-state index in [4.69, 9.17) is 21.3 Å². The molecule has 4 aromatic rings. The molecule has 3 aliphatic rings. The normalized spacial score (nSPS) is 24.0. The Bertz CT molecular complexity index is 1490. The van der Waals surface area contributed by atoms with Crippen molar-refractivity contribution >= 4 is 22.5 Å². The molecule has 2 aliphatic carbocycles. The number of ether oxygens (including phenoxy) is 1. The molecule has 4 nitrogen and oxygen atoms in total. The van der Waals surface area contributed by atoms with E-state index in [1.807, 2.05) is 30.3 Å². The average Bonchev–Trinajstić information content (AvgIpc) is 3.41. The Morgan fingerprint density at radius 3 is 2.53 bits per heavy atom. The van der Waals surface area contributed by atoms with Gasteiger partial charge < -0.3 is 14.7 Å². The molecule has 2 atom stereocenters. The van der Waals surface area contributed by atoms with E-state index < -0.39 is 5.60 Å². The molecule has 36 heavy (non-hydrogen) atoms. The lowest BCUT2D eigenvalue weighted by Crippen LogP contribution is -2.48. The molecule has 3 aromatic carbocycles. The van der Waals surface area contributed by atoms with E-state index in [-0.39, 0.29) is 5.41 Å². The Kier molecular flexibility index (Phi) is 4.98. The molecule has 2 bridgehead atoms. The third-order valence-electron chi connectivity index (χ3n) is 8.87. The minimum Gasteiger partial charge on any atom is -0.481 e. The first-order valence-corrected chi connectivity index (χ1v) is 13.2. The minimum atomic E-state index is -0.955. The van der Waals surface area contributed by atoms with Gasteiger partial charge in [0, 0.05) is 46.9 Å². The molecule has 2 unspecified atom stereocenters. The topological polar surface area (TPSA) is 45.6 Å². The number of aliphatic hydroxyl groups is 1. The van der Waals surface area contributed by atoms with Crippen molar-refractivity contribution < 1.29 is 9.84 Å². The monoisotopic (exact) mass is 496 g/mol. The van der Waals surface area contributed by atoms with Crippen molar-refractivity contribution in [2.24, 2.45) is 0 Å². The van der Waals surface area contributed by atoms with Crippen LogP contribution in [-0.2, 0) is 11.0 Å². The number of halogens is 1. The molecule has 2 heterocycles. The zero-order chi connectivity index (χ0) is 24.5. The van der Waals surface area contributed by atoms with Crippen molar-refractivity contribution in [2.75, 3.05) is 26.7 Å². The second-order valence-corrected chi connectivity index (χ2v) is 11.1. The summed E-state index contributed by atoms with van der Waals surface area (Å²) in [4.78, 5) is 7.23. The van der Waals surface area contributed by atoms with Gasteiger partial charge in [0.25, 0.3) is 0 Å². The van der Waals surface area contributed by atoms with Crippen molar-refractivity contribution in [3.63, 3.8) is 0 Å². The second kappa shape index (κ2) is 8.04. The number of likely N-dealkylation sites (tertiary alicyclic amines) is 1. The highest BCUT2D eigenvalue weighted by Crippen LogP contribution is 2.61. The SMILES string of the molecule is COc1nc2ccccc2cc1C1(O)CCN(CC23CC(c4ccccc42)c2ccc(Cl)cc23)CC1. The molecule has 0 spiro atoms. The maximum absolute atomic E-state index is 11.8. The summed E-state index contributed by atoms with van der Waals surface area (Å²) in [7, 11) is 1.63. The third kappa shape index (κ3) is 3.18. The maximum Gasteiger partial charge on any atom is 0.219 e. The number of rotatable bonds is 4. The number of hydrogen-bond donors (Lipinski definition) is 1. The summed E-state index contributed by atoms with van der Waals surface area (Å²) in [6, 6.07) is 25.4. The van der Waals surface area contributed by atoms with Crippen molar-refractivity contribution in [3.05, 3.63) is 106 Å². The van der Waals surface area contributed by atoms with Gasteiger partial charge in [0.2, 0.25) is 5.88 Å². The number of hydrogen-bond acceptors (Lipinski definition) is 4. The first kappa shape index (κ1) is 22.3. The summed E-state index contributed by atoms with van der Waals surface area (Å²) in [6.45, 7) is 2.57. The molecule has 5 heteroatoms. The molecule has 1 aromatic heterocycles. The van der Waals surface area contributed by atoms with E-state index in [2.05, 4.69) is 47.4 Å². The summed E-state index contributed by atoms with van der Waals surface area (Å²) in [5.74, 6) is 0.971. The lowest BCUT2D eigenvalue weighted by atomic mass is 9.74. The molecule has 1 fully saturated rings. The van der Waals surface area contributed by atoms with E-state index >= 15 is 0 Å².